The van der Waals surface area contributed by atoms with Gasteiger partial charge < -0.3 is 4.74 Å². The lowest BCUT2D eigenvalue weighted by Gasteiger charge is -2.11. The third-order valence-corrected chi connectivity index (χ3v) is 2.95. The van der Waals surface area contributed by atoms with Crippen LogP contribution in [0.25, 0.3) is 0 Å². The highest BCUT2D eigenvalue weighted by atomic mass is 16.5. The van der Waals surface area contributed by atoms with Gasteiger partial charge >= 0.3 is 0 Å². The van der Waals surface area contributed by atoms with Gasteiger partial charge in [0.1, 0.15) is 17.8 Å². The minimum absolute atomic E-state index is 0.0797. The number of aryl methyl sites for hydroxylation is 1. The van der Waals surface area contributed by atoms with Crippen molar-refractivity contribution in [1.29, 1.82) is 0 Å². The van der Waals surface area contributed by atoms with E-state index in [0.717, 1.165) is 16.9 Å². The van der Waals surface area contributed by atoms with E-state index in [-0.39, 0.29) is 12.2 Å². The second-order valence-electron chi connectivity index (χ2n) is 4.24. The Balaban J connectivity index is 2.27. The summed E-state index contributed by atoms with van der Waals surface area (Å²) in [7, 11) is 1.62. The Morgan fingerprint density at radius 2 is 2.11 bits per heavy atom. The Labute approximate surface area is 111 Å². The highest BCUT2D eigenvalue weighted by Crippen LogP contribution is 2.24. The molecule has 0 bridgehead atoms. The smallest absolute Gasteiger partial charge is 0.187 e. The second kappa shape index (κ2) is 5.56. The maximum absolute atomic E-state index is 12.1. The number of nitrogens with zero attached hydrogens (tertiary/aromatic N) is 3. The molecule has 0 aliphatic rings. The maximum Gasteiger partial charge on any atom is 0.187 e. The van der Waals surface area contributed by atoms with Crippen LogP contribution < -0.4 is 4.74 Å². The van der Waals surface area contributed by atoms with Crippen molar-refractivity contribution < 1.29 is 9.53 Å². The van der Waals surface area contributed by atoms with Crippen LogP contribution in [-0.2, 0) is 6.42 Å². The molecule has 2 heterocycles. The molecule has 5 heteroatoms. The molecular formula is C14H15N3O2. The van der Waals surface area contributed by atoms with E-state index < -0.39 is 0 Å². The van der Waals surface area contributed by atoms with Crippen LogP contribution in [0.3, 0.4) is 0 Å². The van der Waals surface area contributed by atoms with Gasteiger partial charge in [-0.25, -0.2) is 9.97 Å². The van der Waals surface area contributed by atoms with Gasteiger partial charge in [-0.3, -0.25) is 9.78 Å². The number of ether oxygens (including phenoxy) is 1. The second-order valence-corrected chi connectivity index (χ2v) is 4.24. The van der Waals surface area contributed by atoms with Gasteiger partial charge in [-0.1, -0.05) is 0 Å². The number of carbonyl (C=O) groups excluding carboxylic acids is 1. The summed E-state index contributed by atoms with van der Waals surface area (Å²) in [5.74, 6) is 0.699. The molecule has 0 spiro atoms. The molecular weight excluding hydrogens is 242 g/mol. The molecule has 0 fully saturated rings. The van der Waals surface area contributed by atoms with E-state index in [1.807, 2.05) is 13.8 Å². The summed E-state index contributed by atoms with van der Waals surface area (Å²) in [4.78, 5) is 24.1. The van der Waals surface area contributed by atoms with Gasteiger partial charge in [-0.2, -0.15) is 0 Å². The fraction of sp³-hybridized carbons (Fsp3) is 0.286. The summed E-state index contributed by atoms with van der Waals surface area (Å²) < 4.78 is 5.33. The molecule has 5 nitrogen and oxygen atoms in total. The number of methoxy groups -OCH3 is 1. The molecule has 2 rings (SSSR count). The summed E-state index contributed by atoms with van der Waals surface area (Å²) >= 11 is 0. The Bertz CT molecular complexity index is 597. The zero-order valence-electron chi connectivity index (χ0n) is 11.2. The molecule has 0 aliphatic carbocycles. The van der Waals surface area contributed by atoms with Crippen molar-refractivity contribution in [1.82, 2.24) is 15.0 Å². The van der Waals surface area contributed by atoms with Crippen LogP contribution in [-0.4, -0.2) is 27.8 Å². The van der Waals surface area contributed by atoms with Crippen molar-refractivity contribution in [3.63, 3.8) is 0 Å². The van der Waals surface area contributed by atoms with Gasteiger partial charge in [0.05, 0.1) is 19.2 Å². The van der Waals surface area contributed by atoms with E-state index in [0.29, 0.717) is 11.4 Å². The number of ketones is 1. The predicted octanol–water partition coefficient (Wildman–Crippen LogP) is 1.92. The lowest BCUT2D eigenvalue weighted by atomic mass is 10.1. The Morgan fingerprint density at radius 3 is 2.74 bits per heavy atom. The van der Waals surface area contributed by atoms with Gasteiger partial charge in [-0.05, 0) is 19.9 Å². The summed E-state index contributed by atoms with van der Waals surface area (Å²) in [6.07, 6.45) is 4.84. The predicted molar refractivity (Wildman–Crippen MR) is 70.3 cm³/mol. The number of pyridine rings is 1. The first-order valence-corrected chi connectivity index (χ1v) is 5.91. The standard InChI is InChI=1S/C14H15N3O2/c1-9-7-16-12(10(2)14(9)19-3)6-13(18)11-4-5-15-8-17-11/h4-5,7-8H,6H2,1-3H3. The number of hydrogen-bond donors (Lipinski definition) is 0. The molecule has 0 aromatic carbocycles. The van der Waals surface area contributed by atoms with E-state index in [1.165, 1.54) is 6.33 Å². The van der Waals surface area contributed by atoms with E-state index >= 15 is 0 Å². The molecule has 0 unspecified atom stereocenters. The number of rotatable bonds is 4. The minimum Gasteiger partial charge on any atom is -0.496 e. The molecule has 0 atom stereocenters. The quantitative estimate of drug-likeness (QED) is 0.783. The minimum atomic E-state index is -0.0797. The highest BCUT2D eigenvalue weighted by Gasteiger charge is 2.14. The fourth-order valence-corrected chi connectivity index (χ4v) is 1.95. The van der Waals surface area contributed by atoms with Gasteiger partial charge in [0.15, 0.2) is 5.78 Å². The van der Waals surface area contributed by atoms with Crippen LogP contribution in [0.4, 0.5) is 0 Å². The SMILES string of the molecule is COc1c(C)cnc(CC(=O)c2ccncn2)c1C. The maximum atomic E-state index is 12.1. The molecule has 2 aromatic heterocycles. The van der Waals surface area contributed by atoms with Gasteiger partial charge in [0.25, 0.3) is 0 Å². The van der Waals surface area contributed by atoms with Gasteiger partial charge in [0.2, 0.25) is 0 Å². The van der Waals surface area contributed by atoms with E-state index in [4.69, 9.17) is 4.74 Å². The first-order chi connectivity index (χ1) is 9.13. The van der Waals surface area contributed by atoms with Gasteiger partial charge in [-0.15, -0.1) is 0 Å². The molecule has 0 amide bonds. The average Bonchev–Trinajstić information content (AvgIpc) is 2.43. The van der Waals surface area contributed by atoms with Crippen LogP contribution in [0, 0.1) is 13.8 Å². The molecule has 0 aliphatic heterocycles. The van der Waals surface area contributed by atoms with Crippen molar-refractivity contribution in [2.24, 2.45) is 0 Å². The molecule has 2 aromatic rings. The lowest BCUT2D eigenvalue weighted by molar-refractivity contribution is 0.0986. The number of Topliss-reactive ketones (excluding diaryl/α,β-unsaturated/α-hetero) is 1. The third kappa shape index (κ3) is 2.76. The van der Waals surface area contributed by atoms with E-state index in [2.05, 4.69) is 15.0 Å². The molecule has 98 valence electrons. The fourth-order valence-electron chi connectivity index (χ4n) is 1.95. The van der Waals surface area contributed by atoms with Crippen LogP contribution in [0.1, 0.15) is 27.3 Å². The third-order valence-electron chi connectivity index (χ3n) is 2.95. The van der Waals surface area contributed by atoms with Crippen LogP contribution in [0.2, 0.25) is 0 Å². The molecule has 0 saturated carbocycles. The summed E-state index contributed by atoms with van der Waals surface area (Å²) in [6, 6.07) is 1.60. The summed E-state index contributed by atoms with van der Waals surface area (Å²) in [6.45, 7) is 3.83. The average molecular weight is 257 g/mol. The van der Waals surface area contributed by atoms with Crippen LogP contribution in [0.5, 0.6) is 5.75 Å². The molecule has 19 heavy (non-hydrogen) atoms. The largest absolute Gasteiger partial charge is 0.496 e. The Kier molecular flexibility index (Phi) is 3.85. The Hall–Kier alpha value is -2.30. The van der Waals surface area contributed by atoms with Gasteiger partial charge in [0, 0.05) is 23.5 Å². The molecule has 0 radical (unpaired) electrons. The van der Waals surface area contributed by atoms with Crippen molar-refractivity contribution in [2.75, 3.05) is 7.11 Å². The van der Waals surface area contributed by atoms with Crippen LogP contribution >= 0.6 is 0 Å². The monoisotopic (exact) mass is 257 g/mol. The molecule has 0 saturated heterocycles. The lowest BCUT2D eigenvalue weighted by Crippen LogP contribution is -2.09. The first-order valence-electron chi connectivity index (χ1n) is 5.91. The highest BCUT2D eigenvalue weighted by molar-refractivity contribution is 5.95. The van der Waals surface area contributed by atoms with Crippen LogP contribution in [0.15, 0.2) is 24.8 Å². The van der Waals surface area contributed by atoms with E-state index in [9.17, 15) is 4.79 Å². The Morgan fingerprint density at radius 1 is 1.32 bits per heavy atom. The normalized spacial score (nSPS) is 10.3. The van der Waals surface area contributed by atoms with Crippen molar-refractivity contribution >= 4 is 5.78 Å². The van der Waals surface area contributed by atoms with Crippen molar-refractivity contribution in [3.05, 3.63) is 47.3 Å². The van der Waals surface area contributed by atoms with Crippen molar-refractivity contribution in [2.45, 2.75) is 20.3 Å². The number of carbonyl (C=O) groups is 1. The number of aromatic nitrogens is 3. The summed E-state index contributed by atoms with van der Waals surface area (Å²) in [5.41, 5.74) is 2.96. The first kappa shape index (κ1) is 13.1. The molecule has 0 N–H and O–H groups in total. The summed E-state index contributed by atoms with van der Waals surface area (Å²) in [5, 5.41) is 0. The van der Waals surface area contributed by atoms with Crippen molar-refractivity contribution in [3.8, 4) is 5.75 Å². The van der Waals surface area contributed by atoms with E-state index in [1.54, 1.807) is 25.6 Å². The topological polar surface area (TPSA) is 65.0 Å². The zero-order valence-corrected chi connectivity index (χ0v) is 11.2. The number of hydrogen-bond acceptors (Lipinski definition) is 5. The zero-order chi connectivity index (χ0) is 13.8.